The van der Waals surface area contributed by atoms with E-state index in [1.165, 1.54) is 11.8 Å². The van der Waals surface area contributed by atoms with Crippen molar-refractivity contribution < 1.29 is 4.79 Å². The number of hydrogen-bond donors (Lipinski definition) is 1. The number of carbonyl (C=O) groups excluding carboxylic acids is 1. The Bertz CT molecular complexity index is 975. The first kappa shape index (κ1) is 22.0. The summed E-state index contributed by atoms with van der Waals surface area (Å²) in [5, 5.41) is 22.4. The van der Waals surface area contributed by atoms with Crippen LogP contribution in [0, 0.1) is 11.3 Å². The molecule has 2 fully saturated rings. The summed E-state index contributed by atoms with van der Waals surface area (Å²) < 4.78 is 1.98. The van der Waals surface area contributed by atoms with Crippen LogP contribution in [-0.2, 0) is 4.79 Å². The molecule has 1 N–H and O–H groups in total. The van der Waals surface area contributed by atoms with Gasteiger partial charge in [-0.1, -0.05) is 48.7 Å². The minimum atomic E-state index is -0.745. The first-order valence-corrected chi connectivity index (χ1v) is 12.1. The predicted octanol–water partition coefficient (Wildman–Crippen LogP) is 4.34. The van der Waals surface area contributed by atoms with Gasteiger partial charge < -0.3 is 10.2 Å². The average Bonchev–Trinajstić information content (AvgIpc) is 3.44. The molecule has 2 aliphatic rings. The Kier molecular flexibility index (Phi) is 6.73. The quantitative estimate of drug-likeness (QED) is 0.648. The topological polar surface area (TPSA) is 86.8 Å². The van der Waals surface area contributed by atoms with Crippen LogP contribution in [-0.4, -0.2) is 44.6 Å². The molecule has 1 aliphatic heterocycles. The summed E-state index contributed by atoms with van der Waals surface area (Å²) >= 11 is 7.61. The molecule has 1 saturated heterocycles. The minimum Gasteiger partial charge on any atom is -0.341 e. The number of rotatable bonds is 6. The number of nitriles is 1. The van der Waals surface area contributed by atoms with Crippen LogP contribution in [0.2, 0.25) is 5.02 Å². The van der Waals surface area contributed by atoms with Gasteiger partial charge in [-0.2, -0.15) is 5.26 Å². The summed E-state index contributed by atoms with van der Waals surface area (Å²) in [6.45, 7) is 3.72. The van der Waals surface area contributed by atoms with Crippen molar-refractivity contribution in [3.63, 3.8) is 0 Å². The SMILES string of the molecule is CC(Sc1nnc(N2CCCC2)n1-c1cccc(Cl)c1)C(=O)NC1(C#N)CCCCC1. The van der Waals surface area contributed by atoms with Gasteiger partial charge in [0.05, 0.1) is 17.0 Å². The fraction of sp³-hybridized carbons (Fsp3) is 0.545. The molecule has 0 bridgehead atoms. The molecule has 1 amide bonds. The fourth-order valence-corrected chi connectivity index (χ4v) is 5.32. The first-order valence-electron chi connectivity index (χ1n) is 10.9. The zero-order valence-electron chi connectivity index (χ0n) is 17.7. The molecule has 4 rings (SSSR count). The molecule has 7 nitrogen and oxygen atoms in total. The number of thioether (sulfide) groups is 1. The number of nitrogens with zero attached hydrogens (tertiary/aromatic N) is 5. The summed E-state index contributed by atoms with van der Waals surface area (Å²) in [6, 6.07) is 9.94. The lowest BCUT2D eigenvalue weighted by molar-refractivity contribution is -0.121. The Morgan fingerprint density at radius 1 is 1.23 bits per heavy atom. The standard InChI is InChI=1S/C22H27ClN6OS/c1-16(19(30)25-22(15-24)10-3-2-4-11-22)31-21-27-26-20(28-12-5-6-13-28)29(21)18-9-7-8-17(23)14-18/h7-9,14,16H,2-6,10-13H2,1H3,(H,25,30). The van der Waals surface area contributed by atoms with Crippen molar-refractivity contribution in [1.82, 2.24) is 20.1 Å². The highest BCUT2D eigenvalue weighted by molar-refractivity contribution is 8.00. The van der Waals surface area contributed by atoms with Crippen molar-refractivity contribution >= 4 is 35.2 Å². The van der Waals surface area contributed by atoms with Crippen LogP contribution in [0.4, 0.5) is 5.95 Å². The van der Waals surface area contributed by atoms with E-state index in [1.54, 1.807) is 0 Å². The van der Waals surface area contributed by atoms with Crippen molar-refractivity contribution in [2.45, 2.75) is 67.8 Å². The lowest BCUT2D eigenvalue weighted by Gasteiger charge is -2.32. The summed E-state index contributed by atoms with van der Waals surface area (Å²) in [5.41, 5.74) is 0.126. The van der Waals surface area contributed by atoms with E-state index >= 15 is 0 Å². The van der Waals surface area contributed by atoms with Crippen LogP contribution >= 0.6 is 23.4 Å². The molecule has 2 heterocycles. The monoisotopic (exact) mass is 458 g/mol. The molecule has 9 heteroatoms. The number of halogens is 1. The second-order valence-corrected chi connectivity index (χ2v) is 10.0. The average molecular weight is 459 g/mol. The predicted molar refractivity (Wildman–Crippen MR) is 123 cm³/mol. The summed E-state index contributed by atoms with van der Waals surface area (Å²) in [4.78, 5) is 15.2. The molecule has 0 radical (unpaired) electrons. The van der Waals surface area contributed by atoms with E-state index in [2.05, 4.69) is 26.5 Å². The molecule has 31 heavy (non-hydrogen) atoms. The molecular weight excluding hydrogens is 432 g/mol. The molecule has 1 aromatic carbocycles. The van der Waals surface area contributed by atoms with Crippen LogP contribution in [0.3, 0.4) is 0 Å². The largest absolute Gasteiger partial charge is 0.341 e. The van der Waals surface area contributed by atoms with Crippen molar-refractivity contribution in [3.05, 3.63) is 29.3 Å². The molecule has 1 saturated carbocycles. The Labute approximate surface area is 192 Å². The van der Waals surface area contributed by atoms with E-state index in [0.29, 0.717) is 23.0 Å². The van der Waals surface area contributed by atoms with E-state index in [1.807, 2.05) is 35.8 Å². The Morgan fingerprint density at radius 2 is 1.97 bits per heavy atom. The van der Waals surface area contributed by atoms with Gasteiger partial charge in [0.25, 0.3) is 0 Å². The summed E-state index contributed by atoms with van der Waals surface area (Å²) in [7, 11) is 0. The van der Waals surface area contributed by atoms with Crippen LogP contribution in [0.15, 0.2) is 29.4 Å². The zero-order valence-corrected chi connectivity index (χ0v) is 19.3. The molecule has 1 aliphatic carbocycles. The Morgan fingerprint density at radius 3 is 2.65 bits per heavy atom. The Hall–Kier alpha value is -2.24. The van der Waals surface area contributed by atoms with Crippen LogP contribution in [0.25, 0.3) is 5.69 Å². The second-order valence-electron chi connectivity index (χ2n) is 8.30. The minimum absolute atomic E-state index is 0.142. The van der Waals surface area contributed by atoms with Gasteiger partial charge in [0, 0.05) is 18.1 Å². The highest BCUT2D eigenvalue weighted by atomic mass is 35.5. The van der Waals surface area contributed by atoms with E-state index < -0.39 is 10.8 Å². The van der Waals surface area contributed by atoms with Gasteiger partial charge in [-0.3, -0.25) is 9.36 Å². The van der Waals surface area contributed by atoms with Crippen molar-refractivity contribution in [2.75, 3.05) is 18.0 Å². The van der Waals surface area contributed by atoms with Crippen LogP contribution in [0.5, 0.6) is 0 Å². The number of amides is 1. The van der Waals surface area contributed by atoms with Crippen molar-refractivity contribution in [1.29, 1.82) is 5.26 Å². The van der Waals surface area contributed by atoms with Gasteiger partial charge in [-0.15, -0.1) is 10.2 Å². The highest BCUT2D eigenvalue weighted by Gasteiger charge is 2.35. The molecule has 164 valence electrons. The van der Waals surface area contributed by atoms with Gasteiger partial charge in [0.1, 0.15) is 5.54 Å². The molecule has 0 spiro atoms. The lowest BCUT2D eigenvalue weighted by atomic mass is 9.83. The zero-order chi connectivity index (χ0) is 21.8. The van der Waals surface area contributed by atoms with Crippen molar-refractivity contribution in [3.8, 4) is 11.8 Å². The number of nitrogens with one attached hydrogen (secondary N) is 1. The number of benzene rings is 1. The van der Waals surface area contributed by atoms with Gasteiger partial charge >= 0.3 is 0 Å². The highest BCUT2D eigenvalue weighted by Crippen LogP contribution is 2.33. The summed E-state index contributed by atoms with van der Waals surface area (Å²) in [6.07, 6.45) is 6.73. The fourth-order valence-electron chi connectivity index (χ4n) is 4.27. The van der Waals surface area contributed by atoms with Gasteiger partial charge in [-0.25, -0.2) is 0 Å². The maximum atomic E-state index is 13.0. The smallest absolute Gasteiger partial charge is 0.234 e. The van der Waals surface area contributed by atoms with Gasteiger partial charge in [0.15, 0.2) is 5.16 Å². The second kappa shape index (κ2) is 9.49. The van der Waals surface area contributed by atoms with Gasteiger partial charge in [0.2, 0.25) is 11.9 Å². The Balaban J connectivity index is 1.57. The third-order valence-electron chi connectivity index (χ3n) is 6.01. The number of carbonyl (C=O) groups is 1. The van der Waals surface area contributed by atoms with Crippen LogP contribution in [0.1, 0.15) is 51.9 Å². The normalized spacial score (nSPS) is 19.1. The van der Waals surface area contributed by atoms with E-state index in [4.69, 9.17) is 11.6 Å². The van der Waals surface area contributed by atoms with Gasteiger partial charge in [-0.05, 0) is 50.8 Å². The molecule has 2 aromatic rings. The summed E-state index contributed by atoms with van der Waals surface area (Å²) in [5.74, 6) is 0.632. The maximum Gasteiger partial charge on any atom is 0.234 e. The maximum absolute atomic E-state index is 13.0. The van der Waals surface area contributed by atoms with E-state index in [-0.39, 0.29) is 5.91 Å². The van der Waals surface area contributed by atoms with Crippen LogP contribution < -0.4 is 10.2 Å². The number of anilines is 1. The number of hydrogen-bond acceptors (Lipinski definition) is 6. The third-order valence-corrected chi connectivity index (χ3v) is 7.28. The van der Waals surface area contributed by atoms with Crippen molar-refractivity contribution in [2.24, 2.45) is 0 Å². The molecule has 1 unspecified atom stereocenters. The third kappa shape index (κ3) is 4.83. The van der Waals surface area contributed by atoms with E-state index in [9.17, 15) is 10.1 Å². The molecule has 1 atom stereocenters. The molecular formula is C22H27ClN6OS. The molecule has 1 aromatic heterocycles. The lowest BCUT2D eigenvalue weighted by Crippen LogP contribution is -2.51. The first-order chi connectivity index (χ1) is 15.0. The number of aromatic nitrogens is 3. The van der Waals surface area contributed by atoms with E-state index in [0.717, 1.165) is 56.8 Å².